The third kappa shape index (κ3) is 3.77. The van der Waals surface area contributed by atoms with Gasteiger partial charge in [-0.25, -0.2) is 4.79 Å². The third-order valence-corrected chi connectivity index (χ3v) is 3.82. The van der Waals surface area contributed by atoms with Crippen molar-refractivity contribution in [3.05, 3.63) is 70.0 Å². The first-order valence-electron chi connectivity index (χ1n) is 7.29. The SMILES string of the molecule is C=CCOc1ccc2c(O)c(N=Nc3ccc(Br)cc3)c(=O)oc2c1. The molecule has 3 rings (SSSR count). The molecule has 0 saturated carbocycles. The summed E-state index contributed by atoms with van der Waals surface area (Å²) in [7, 11) is 0. The van der Waals surface area contributed by atoms with Crippen LogP contribution in [0.2, 0.25) is 0 Å². The van der Waals surface area contributed by atoms with E-state index in [1.54, 1.807) is 42.5 Å². The molecular weight excluding hydrogens is 388 g/mol. The first kappa shape index (κ1) is 16.9. The van der Waals surface area contributed by atoms with Crippen LogP contribution >= 0.6 is 15.9 Å². The molecule has 0 bridgehead atoms. The van der Waals surface area contributed by atoms with Gasteiger partial charge in [-0.15, -0.1) is 5.11 Å². The molecule has 7 heteroatoms. The lowest BCUT2D eigenvalue weighted by Gasteiger charge is -2.06. The fraction of sp³-hybridized carbons (Fsp3) is 0.0556. The lowest BCUT2D eigenvalue weighted by atomic mass is 10.2. The minimum absolute atomic E-state index is 0.201. The summed E-state index contributed by atoms with van der Waals surface area (Å²) in [6, 6.07) is 11.8. The maximum Gasteiger partial charge on any atom is 0.368 e. The van der Waals surface area contributed by atoms with Crippen LogP contribution in [0, 0.1) is 0 Å². The van der Waals surface area contributed by atoms with Gasteiger partial charge < -0.3 is 14.3 Å². The number of aromatic hydroxyl groups is 1. The van der Waals surface area contributed by atoms with Gasteiger partial charge in [0.05, 0.1) is 11.1 Å². The van der Waals surface area contributed by atoms with Crippen LogP contribution in [-0.2, 0) is 0 Å². The van der Waals surface area contributed by atoms with Crippen molar-refractivity contribution in [1.29, 1.82) is 0 Å². The second kappa shape index (κ2) is 7.31. The van der Waals surface area contributed by atoms with E-state index in [2.05, 4.69) is 32.7 Å². The summed E-state index contributed by atoms with van der Waals surface area (Å²) in [4.78, 5) is 12.1. The van der Waals surface area contributed by atoms with Crippen LogP contribution in [0.3, 0.4) is 0 Å². The van der Waals surface area contributed by atoms with Gasteiger partial charge in [0.15, 0.2) is 5.75 Å². The highest BCUT2D eigenvalue weighted by molar-refractivity contribution is 9.10. The average molecular weight is 401 g/mol. The molecule has 126 valence electrons. The number of hydrogen-bond donors (Lipinski definition) is 1. The first-order chi connectivity index (χ1) is 12.1. The van der Waals surface area contributed by atoms with E-state index in [0.29, 0.717) is 23.4 Å². The number of hydrogen-bond acceptors (Lipinski definition) is 6. The summed E-state index contributed by atoms with van der Waals surface area (Å²) in [6.45, 7) is 3.88. The number of benzene rings is 2. The minimum Gasteiger partial charge on any atom is -0.505 e. The summed E-state index contributed by atoms with van der Waals surface area (Å²) in [5, 5.41) is 18.5. The van der Waals surface area contributed by atoms with Gasteiger partial charge in [-0.2, -0.15) is 5.11 Å². The predicted molar refractivity (Wildman–Crippen MR) is 98.2 cm³/mol. The van der Waals surface area contributed by atoms with Crippen LogP contribution in [0.15, 0.2) is 79.0 Å². The van der Waals surface area contributed by atoms with E-state index in [-0.39, 0.29) is 17.0 Å². The Morgan fingerprint density at radius 1 is 1.20 bits per heavy atom. The Balaban J connectivity index is 2.00. The highest BCUT2D eigenvalue weighted by Crippen LogP contribution is 2.34. The first-order valence-corrected chi connectivity index (χ1v) is 8.08. The normalized spacial score (nSPS) is 11.1. The zero-order valence-electron chi connectivity index (χ0n) is 13.0. The average Bonchev–Trinajstić information content (AvgIpc) is 2.61. The molecule has 0 saturated heterocycles. The molecule has 0 radical (unpaired) electrons. The molecule has 1 heterocycles. The van der Waals surface area contributed by atoms with Gasteiger partial charge in [-0.05, 0) is 36.4 Å². The Kier molecular flexibility index (Phi) is 4.95. The molecule has 1 N–H and O–H groups in total. The number of nitrogens with zero attached hydrogens (tertiary/aromatic N) is 2. The quantitative estimate of drug-likeness (QED) is 0.360. The van der Waals surface area contributed by atoms with E-state index in [1.807, 2.05) is 0 Å². The van der Waals surface area contributed by atoms with Crippen molar-refractivity contribution >= 4 is 38.3 Å². The van der Waals surface area contributed by atoms with Gasteiger partial charge in [0, 0.05) is 10.5 Å². The number of fused-ring (bicyclic) bond motifs is 1. The summed E-state index contributed by atoms with van der Waals surface area (Å²) < 4.78 is 11.5. The molecule has 6 nitrogen and oxygen atoms in total. The highest BCUT2D eigenvalue weighted by atomic mass is 79.9. The van der Waals surface area contributed by atoms with Crippen molar-refractivity contribution < 1.29 is 14.3 Å². The molecule has 2 aromatic carbocycles. The summed E-state index contributed by atoms with van der Waals surface area (Å²) in [5.41, 5.74) is -0.302. The molecular formula is C18H13BrN2O4. The molecule has 0 fully saturated rings. The molecule has 0 amide bonds. The lowest BCUT2D eigenvalue weighted by Crippen LogP contribution is -1.99. The fourth-order valence-corrected chi connectivity index (χ4v) is 2.37. The number of rotatable bonds is 5. The monoisotopic (exact) mass is 400 g/mol. The minimum atomic E-state index is -0.785. The molecule has 0 spiro atoms. The lowest BCUT2D eigenvalue weighted by molar-refractivity contribution is 0.363. The second-order valence-corrected chi connectivity index (χ2v) is 5.94. The van der Waals surface area contributed by atoms with Crippen LogP contribution < -0.4 is 10.4 Å². The molecule has 0 atom stereocenters. The summed E-state index contributed by atoms with van der Waals surface area (Å²) >= 11 is 3.32. The van der Waals surface area contributed by atoms with Gasteiger partial charge in [0.25, 0.3) is 0 Å². The Hall–Kier alpha value is -2.93. The van der Waals surface area contributed by atoms with Crippen molar-refractivity contribution in [2.24, 2.45) is 10.2 Å². The fourth-order valence-electron chi connectivity index (χ4n) is 2.10. The molecule has 0 aliphatic rings. The number of ether oxygens (including phenoxy) is 1. The van der Waals surface area contributed by atoms with Gasteiger partial charge >= 0.3 is 5.63 Å². The van der Waals surface area contributed by atoms with E-state index in [4.69, 9.17) is 9.15 Å². The van der Waals surface area contributed by atoms with E-state index >= 15 is 0 Å². The van der Waals surface area contributed by atoms with Crippen molar-refractivity contribution in [3.8, 4) is 11.5 Å². The Morgan fingerprint density at radius 3 is 2.68 bits per heavy atom. The Morgan fingerprint density at radius 2 is 1.96 bits per heavy atom. The number of halogens is 1. The molecule has 0 aliphatic heterocycles. The molecule has 1 aromatic heterocycles. The van der Waals surface area contributed by atoms with Crippen LogP contribution in [0.1, 0.15) is 0 Å². The van der Waals surface area contributed by atoms with Crippen LogP contribution in [0.25, 0.3) is 11.0 Å². The van der Waals surface area contributed by atoms with Gasteiger partial charge in [0.1, 0.15) is 17.9 Å². The zero-order chi connectivity index (χ0) is 17.8. The number of azo groups is 1. The largest absolute Gasteiger partial charge is 0.505 e. The van der Waals surface area contributed by atoms with Crippen molar-refractivity contribution in [2.75, 3.05) is 6.61 Å². The van der Waals surface area contributed by atoms with Gasteiger partial charge in [-0.1, -0.05) is 28.6 Å². The van der Waals surface area contributed by atoms with Crippen molar-refractivity contribution in [2.45, 2.75) is 0 Å². The summed E-state index contributed by atoms with van der Waals surface area (Å²) in [6.07, 6.45) is 1.60. The van der Waals surface area contributed by atoms with Crippen LogP contribution in [-0.4, -0.2) is 11.7 Å². The van der Waals surface area contributed by atoms with E-state index in [1.165, 1.54) is 6.07 Å². The maximum absolute atomic E-state index is 12.1. The van der Waals surface area contributed by atoms with Crippen LogP contribution in [0.5, 0.6) is 11.5 Å². The molecule has 0 aliphatic carbocycles. The smallest absolute Gasteiger partial charge is 0.368 e. The second-order valence-electron chi connectivity index (χ2n) is 5.02. The Labute approximate surface area is 151 Å². The molecule has 25 heavy (non-hydrogen) atoms. The molecule has 0 unspecified atom stereocenters. The molecule has 3 aromatic rings. The van der Waals surface area contributed by atoms with Crippen molar-refractivity contribution in [1.82, 2.24) is 0 Å². The van der Waals surface area contributed by atoms with E-state index in [0.717, 1.165) is 4.47 Å². The van der Waals surface area contributed by atoms with E-state index < -0.39 is 5.63 Å². The van der Waals surface area contributed by atoms with Gasteiger partial charge in [-0.3, -0.25) is 0 Å². The predicted octanol–water partition coefficient (Wildman–Crippen LogP) is 5.24. The standard InChI is InChI=1S/C18H13BrN2O4/c1-2-9-24-13-7-8-14-15(10-13)25-18(23)16(17(14)22)21-20-12-5-3-11(19)4-6-12/h2-8,10,22H,1,9H2. The zero-order valence-corrected chi connectivity index (χ0v) is 14.6. The van der Waals surface area contributed by atoms with Crippen molar-refractivity contribution in [3.63, 3.8) is 0 Å². The maximum atomic E-state index is 12.1. The topological polar surface area (TPSA) is 84.4 Å². The highest BCUT2D eigenvalue weighted by Gasteiger charge is 2.14. The van der Waals surface area contributed by atoms with Gasteiger partial charge in [0.2, 0.25) is 5.69 Å². The Bertz CT molecular complexity index is 1010. The van der Waals surface area contributed by atoms with E-state index in [9.17, 15) is 9.90 Å². The van der Waals surface area contributed by atoms with Crippen LogP contribution in [0.4, 0.5) is 11.4 Å². The third-order valence-electron chi connectivity index (χ3n) is 3.29. The summed E-state index contributed by atoms with van der Waals surface area (Å²) in [5.74, 6) is 0.210.